The summed E-state index contributed by atoms with van der Waals surface area (Å²) in [6, 6.07) is 23.9. The second-order valence-electron chi connectivity index (χ2n) is 6.14. The van der Waals surface area contributed by atoms with Crippen molar-refractivity contribution in [2.45, 2.75) is 13.1 Å². The van der Waals surface area contributed by atoms with E-state index in [4.69, 9.17) is 11.6 Å². The van der Waals surface area contributed by atoms with Gasteiger partial charge in [-0.05, 0) is 12.1 Å². The zero-order valence-corrected chi connectivity index (χ0v) is 15.1. The van der Waals surface area contributed by atoms with Gasteiger partial charge in [0.05, 0.1) is 5.69 Å². The number of rotatable bonds is 7. The van der Waals surface area contributed by atoms with Crippen molar-refractivity contribution in [3.8, 4) is 0 Å². The highest BCUT2D eigenvalue weighted by Gasteiger charge is 2.17. The fourth-order valence-electron chi connectivity index (χ4n) is 2.86. The minimum Gasteiger partial charge on any atom is -0.320 e. The van der Waals surface area contributed by atoms with Crippen molar-refractivity contribution >= 4 is 23.2 Å². The van der Waals surface area contributed by atoms with Gasteiger partial charge >= 0.3 is 0 Å². The maximum atomic E-state index is 12.5. The highest BCUT2D eigenvalue weighted by molar-refractivity contribution is 6.32. The van der Waals surface area contributed by atoms with Gasteiger partial charge in [0.1, 0.15) is 13.1 Å². The molecule has 0 fully saturated rings. The average molecular weight is 367 g/mol. The Morgan fingerprint density at radius 1 is 0.885 bits per heavy atom. The zero-order valence-electron chi connectivity index (χ0n) is 14.4. The Labute approximate surface area is 158 Å². The van der Waals surface area contributed by atoms with Gasteiger partial charge in [0, 0.05) is 17.3 Å². The molecule has 0 saturated heterocycles. The molecule has 0 aliphatic heterocycles. The molecule has 0 saturated carbocycles. The predicted molar refractivity (Wildman–Crippen MR) is 104 cm³/mol. The van der Waals surface area contributed by atoms with Crippen LogP contribution < -0.4 is 10.2 Å². The Kier molecular flexibility index (Phi) is 6.36. The number of quaternary nitrogens is 1. The van der Waals surface area contributed by atoms with Crippen molar-refractivity contribution in [1.82, 2.24) is 4.98 Å². The van der Waals surface area contributed by atoms with Gasteiger partial charge in [-0.3, -0.25) is 4.79 Å². The fraction of sp³-hybridized carbons (Fsp3) is 0.143. The Balaban J connectivity index is 1.70. The summed E-state index contributed by atoms with van der Waals surface area (Å²) in [5.41, 5.74) is 2.94. The third kappa shape index (κ3) is 5.41. The smallest absolute Gasteiger partial charge is 0.279 e. The van der Waals surface area contributed by atoms with E-state index in [1.165, 1.54) is 11.1 Å². The lowest BCUT2D eigenvalue weighted by molar-refractivity contribution is -0.919. The van der Waals surface area contributed by atoms with Gasteiger partial charge in [-0.2, -0.15) is 0 Å². The van der Waals surface area contributed by atoms with Crippen molar-refractivity contribution in [1.29, 1.82) is 0 Å². The van der Waals surface area contributed by atoms with E-state index in [9.17, 15) is 4.79 Å². The summed E-state index contributed by atoms with van der Waals surface area (Å²) in [7, 11) is 0. The first-order chi connectivity index (χ1) is 12.7. The molecule has 0 aliphatic rings. The van der Waals surface area contributed by atoms with E-state index in [-0.39, 0.29) is 5.91 Å². The molecule has 5 heteroatoms. The molecular formula is C21H21ClN3O+. The lowest BCUT2D eigenvalue weighted by Gasteiger charge is -2.19. The molecule has 1 aromatic heterocycles. The lowest BCUT2D eigenvalue weighted by Crippen LogP contribution is -3.10. The molecule has 0 bridgehead atoms. The number of nitrogens with zero attached hydrogens (tertiary/aromatic N) is 1. The number of hydrogen-bond acceptors (Lipinski definition) is 2. The number of aromatic nitrogens is 1. The van der Waals surface area contributed by atoms with Crippen LogP contribution in [0.5, 0.6) is 0 Å². The largest absolute Gasteiger partial charge is 0.320 e. The Bertz CT molecular complexity index is 799. The van der Waals surface area contributed by atoms with Gasteiger partial charge in [0.2, 0.25) is 0 Å². The van der Waals surface area contributed by atoms with Crippen LogP contribution in [0.3, 0.4) is 0 Å². The number of carbonyl (C=O) groups excluding carboxylic acids is 1. The normalized spacial score (nSPS) is 10.7. The van der Waals surface area contributed by atoms with Gasteiger partial charge < -0.3 is 10.2 Å². The molecule has 0 spiro atoms. The topological polar surface area (TPSA) is 46.4 Å². The van der Waals surface area contributed by atoms with E-state index in [0.717, 1.165) is 18.0 Å². The molecule has 1 heterocycles. The summed E-state index contributed by atoms with van der Waals surface area (Å²) in [4.78, 5) is 17.7. The number of benzene rings is 2. The van der Waals surface area contributed by atoms with Crippen molar-refractivity contribution in [2.24, 2.45) is 0 Å². The van der Waals surface area contributed by atoms with E-state index >= 15 is 0 Å². The summed E-state index contributed by atoms with van der Waals surface area (Å²) in [6.07, 6.45) is 1.60. The molecule has 132 valence electrons. The van der Waals surface area contributed by atoms with Gasteiger partial charge in [0.25, 0.3) is 5.91 Å². The Hall–Kier alpha value is -2.69. The van der Waals surface area contributed by atoms with Gasteiger partial charge in [0.15, 0.2) is 11.7 Å². The third-order valence-corrected chi connectivity index (χ3v) is 4.34. The molecule has 3 aromatic rings. The maximum Gasteiger partial charge on any atom is 0.279 e. The fourth-order valence-corrected chi connectivity index (χ4v) is 3.02. The van der Waals surface area contributed by atoms with E-state index in [0.29, 0.717) is 17.4 Å². The van der Waals surface area contributed by atoms with E-state index in [2.05, 4.69) is 34.6 Å². The van der Waals surface area contributed by atoms with Crippen molar-refractivity contribution in [3.63, 3.8) is 0 Å². The number of halogens is 1. The number of nitrogens with one attached hydrogen (secondary N) is 2. The van der Waals surface area contributed by atoms with Crippen LogP contribution in [0.4, 0.5) is 5.69 Å². The SMILES string of the molecule is O=C(C[NH+](Cc1ccccc1)Cc1ccccc1)Nc1cccnc1Cl. The predicted octanol–water partition coefficient (Wildman–Crippen LogP) is 2.96. The highest BCUT2D eigenvalue weighted by atomic mass is 35.5. The molecule has 26 heavy (non-hydrogen) atoms. The van der Waals surface area contributed by atoms with E-state index < -0.39 is 0 Å². The van der Waals surface area contributed by atoms with Crippen LogP contribution in [0.25, 0.3) is 0 Å². The third-order valence-electron chi connectivity index (χ3n) is 4.04. The standard InChI is InChI=1S/C21H20ClN3O/c22-21-19(12-7-13-23-21)24-20(26)16-25(14-17-8-3-1-4-9-17)15-18-10-5-2-6-11-18/h1-13H,14-16H2,(H,24,26)/p+1. The maximum absolute atomic E-state index is 12.5. The quantitative estimate of drug-likeness (QED) is 0.631. The molecule has 2 aromatic carbocycles. The number of pyridine rings is 1. The number of carbonyl (C=O) groups is 1. The number of anilines is 1. The number of amides is 1. The minimum absolute atomic E-state index is 0.0817. The van der Waals surface area contributed by atoms with Gasteiger partial charge in [-0.1, -0.05) is 72.3 Å². The van der Waals surface area contributed by atoms with Gasteiger partial charge in [-0.25, -0.2) is 4.98 Å². The first kappa shape index (κ1) is 18.1. The van der Waals surface area contributed by atoms with Gasteiger partial charge in [-0.15, -0.1) is 0 Å². The minimum atomic E-state index is -0.0817. The monoisotopic (exact) mass is 366 g/mol. The van der Waals surface area contributed by atoms with Crippen LogP contribution in [-0.2, 0) is 17.9 Å². The molecule has 0 atom stereocenters. The molecule has 3 rings (SSSR count). The van der Waals surface area contributed by atoms with E-state index in [1.807, 2.05) is 36.4 Å². The Morgan fingerprint density at radius 2 is 1.46 bits per heavy atom. The van der Waals surface area contributed by atoms with Crippen molar-refractivity contribution in [2.75, 3.05) is 11.9 Å². The second kappa shape index (κ2) is 9.13. The summed E-state index contributed by atoms with van der Waals surface area (Å²) in [5.74, 6) is -0.0817. The first-order valence-electron chi connectivity index (χ1n) is 8.52. The molecule has 0 unspecified atom stereocenters. The van der Waals surface area contributed by atoms with E-state index in [1.54, 1.807) is 18.3 Å². The molecule has 2 N–H and O–H groups in total. The van der Waals surface area contributed by atoms with Crippen LogP contribution in [0.15, 0.2) is 79.0 Å². The van der Waals surface area contributed by atoms with Crippen LogP contribution in [-0.4, -0.2) is 17.4 Å². The summed E-state index contributed by atoms with van der Waals surface area (Å²) >= 11 is 6.03. The highest BCUT2D eigenvalue weighted by Crippen LogP contribution is 2.16. The lowest BCUT2D eigenvalue weighted by atomic mass is 10.1. The Morgan fingerprint density at radius 3 is 2.00 bits per heavy atom. The summed E-state index contributed by atoms with van der Waals surface area (Å²) in [5, 5.41) is 3.16. The molecular weight excluding hydrogens is 346 g/mol. The van der Waals surface area contributed by atoms with Crippen molar-refractivity contribution in [3.05, 3.63) is 95.3 Å². The molecule has 1 amide bonds. The van der Waals surface area contributed by atoms with Crippen LogP contribution in [0.2, 0.25) is 5.15 Å². The summed E-state index contributed by atoms with van der Waals surface area (Å²) in [6.45, 7) is 1.88. The van der Waals surface area contributed by atoms with Crippen LogP contribution in [0, 0.1) is 0 Å². The molecule has 0 aliphatic carbocycles. The van der Waals surface area contributed by atoms with Crippen LogP contribution in [0.1, 0.15) is 11.1 Å². The first-order valence-corrected chi connectivity index (χ1v) is 8.90. The molecule has 4 nitrogen and oxygen atoms in total. The van der Waals surface area contributed by atoms with Crippen LogP contribution >= 0.6 is 11.6 Å². The number of hydrogen-bond donors (Lipinski definition) is 2. The van der Waals surface area contributed by atoms with Crippen molar-refractivity contribution < 1.29 is 9.69 Å². The zero-order chi connectivity index (χ0) is 18.2. The summed E-state index contributed by atoms with van der Waals surface area (Å²) < 4.78 is 0. The molecule has 0 radical (unpaired) electrons. The second-order valence-corrected chi connectivity index (χ2v) is 6.50. The average Bonchev–Trinajstić information content (AvgIpc) is 2.65.